The molecule has 0 aromatic carbocycles. The smallest absolute Gasteiger partial charge is 0.0118 e. The highest BCUT2D eigenvalue weighted by atomic mass is 14.3. The topological polar surface area (TPSA) is 0 Å². The molecule has 0 saturated carbocycles. The standard InChI is InChI=1S/C40H74/c1-5-9-13-16-19-21-22-23-24-25-26-28-31-35-39-40(36-32-12-8-4,37-33-29-18-15-11-7-3)38-34-30-27-20-17-14-10-6-2/h5-7,32,36H,1-3,8-31,33-35,37-39H2,4H3. The molecule has 1 atom stereocenters. The van der Waals surface area contributed by atoms with Gasteiger partial charge in [0.05, 0.1) is 0 Å². The van der Waals surface area contributed by atoms with Crippen LogP contribution in [-0.4, -0.2) is 0 Å². The van der Waals surface area contributed by atoms with E-state index in [2.05, 4.69) is 57.0 Å². The summed E-state index contributed by atoms with van der Waals surface area (Å²) in [5.74, 6) is 0. The van der Waals surface area contributed by atoms with Gasteiger partial charge in [-0.2, -0.15) is 0 Å². The first-order valence-corrected chi connectivity index (χ1v) is 18.2. The van der Waals surface area contributed by atoms with Gasteiger partial charge in [0, 0.05) is 0 Å². The Morgan fingerprint density at radius 2 is 0.650 bits per heavy atom. The summed E-state index contributed by atoms with van der Waals surface area (Å²) in [6.07, 6.45) is 52.9. The molecule has 0 aliphatic rings. The van der Waals surface area contributed by atoms with Crippen LogP contribution in [0, 0.1) is 5.41 Å². The van der Waals surface area contributed by atoms with Crippen LogP contribution in [0.25, 0.3) is 0 Å². The van der Waals surface area contributed by atoms with Crippen molar-refractivity contribution < 1.29 is 0 Å². The van der Waals surface area contributed by atoms with Crippen LogP contribution in [0.2, 0.25) is 0 Å². The fourth-order valence-corrected chi connectivity index (χ4v) is 6.25. The molecular weight excluding hydrogens is 480 g/mol. The number of unbranched alkanes of at least 4 members (excludes halogenated alkanes) is 23. The zero-order valence-electron chi connectivity index (χ0n) is 27.7. The highest BCUT2D eigenvalue weighted by molar-refractivity contribution is 5.00. The average molecular weight is 555 g/mol. The summed E-state index contributed by atoms with van der Waals surface area (Å²) in [7, 11) is 0. The van der Waals surface area contributed by atoms with Crippen molar-refractivity contribution in [1.82, 2.24) is 0 Å². The molecule has 0 nitrogen and oxygen atoms in total. The zero-order chi connectivity index (χ0) is 29.2. The van der Waals surface area contributed by atoms with Gasteiger partial charge in [-0.3, -0.25) is 0 Å². The summed E-state index contributed by atoms with van der Waals surface area (Å²) in [5.41, 5.74) is 0.460. The molecular formula is C40H74. The van der Waals surface area contributed by atoms with E-state index >= 15 is 0 Å². The maximum absolute atomic E-state index is 3.90. The summed E-state index contributed by atoms with van der Waals surface area (Å²) in [6, 6.07) is 0. The van der Waals surface area contributed by atoms with Gasteiger partial charge in [0.1, 0.15) is 0 Å². The second-order valence-corrected chi connectivity index (χ2v) is 12.8. The first-order valence-electron chi connectivity index (χ1n) is 18.2. The van der Waals surface area contributed by atoms with Gasteiger partial charge >= 0.3 is 0 Å². The van der Waals surface area contributed by atoms with E-state index in [4.69, 9.17) is 0 Å². The van der Waals surface area contributed by atoms with E-state index in [-0.39, 0.29) is 0 Å². The van der Waals surface area contributed by atoms with E-state index in [9.17, 15) is 0 Å². The van der Waals surface area contributed by atoms with Crippen LogP contribution in [0.4, 0.5) is 0 Å². The molecule has 0 aliphatic heterocycles. The summed E-state index contributed by atoms with van der Waals surface area (Å²) in [4.78, 5) is 0. The maximum atomic E-state index is 3.90. The Balaban J connectivity index is 4.47. The predicted molar refractivity (Wildman–Crippen MR) is 186 cm³/mol. The molecule has 0 bridgehead atoms. The normalized spacial score (nSPS) is 13.0. The van der Waals surface area contributed by atoms with E-state index in [0.29, 0.717) is 5.41 Å². The van der Waals surface area contributed by atoms with E-state index in [1.54, 1.807) is 0 Å². The zero-order valence-corrected chi connectivity index (χ0v) is 27.7. The highest BCUT2D eigenvalue weighted by Crippen LogP contribution is 2.39. The average Bonchev–Trinajstić information content (AvgIpc) is 2.96. The van der Waals surface area contributed by atoms with E-state index in [1.165, 1.54) is 193 Å². The molecule has 0 amide bonds. The number of hydrogen-bond acceptors (Lipinski definition) is 0. The lowest BCUT2D eigenvalue weighted by molar-refractivity contribution is 0.263. The summed E-state index contributed by atoms with van der Waals surface area (Å²) in [6.45, 7) is 13.9. The van der Waals surface area contributed by atoms with E-state index in [1.807, 2.05) is 0 Å². The Hall–Kier alpha value is -1.04. The number of rotatable bonds is 34. The lowest BCUT2D eigenvalue weighted by Gasteiger charge is -2.32. The Labute approximate surface area is 254 Å². The second kappa shape index (κ2) is 32.5. The Bertz CT molecular complexity index is 554. The minimum Gasteiger partial charge on any atom is -0.103 e. The first kappa shape index (κ1) is 39.0. The molecule has 0 rings (SSSR count). The van der Waals surface area contributed by atoms with Gasteiger partial charge in [-0.15, -0.1) is 19.7 Å². The number of hydrogen-bond donors (Lipinski definition) is 0. The quantitative estimate of drug-likeness (QED) is 0.0548. The predicted octanol–water partition coefficient (Wildman–Crippen LogP) is 14.8. The van der Waals surface area contributed by atoms with Gasteiger partial charge in [0.25, 0.3) is 0 Å². The highest BCUT2D eigenvalue weighted by Gasteiger charge is 2.25. The molecule has 0 aliphatic carbocycles. The molecule has 234 valence electrons. The first-order chi connectivity index (χ1) is 19.7. The van der Waals surface area contributed by atoms with Crippen LogP contribution >= 0.6 is 0 Å². The molecule has 0 N–H and O–H groups in total. The molecule has 0 aromatic heterocycles. The van der Waals surface area contributed by atoms with E-state index < -0.39 is 0 Å². The molecule has 1 unspecified atom stereocenters. The van der Waals surface area contributed by atoms with Crippen molar-refractivity contribution in [3.8, 4) is 0 Å². The second-order valence-electron chi connectivity index (χ2n) is 12.8. The lowest BCUT2D eigenvalue weighted by Crippen LogP contribution is -2.18. The fourth-order valence-electron chi connectivity index (χ4n) is 6.25. The largest absolute Gasteiger partial charge is 0.103 e. The fraction of sp³-hybridized carbons (Fsp3) is 0.800. The lowest BCUT2D eigenvalue weighted by atomic mass is 9.73. The summed E-state index contributed by atoms with van der Waals surface area (Å²) in [5, 5.41) is 0. The maximum Gasteiger partial charge on any atom is -0.0118 e. The van der Waals surface area contributed by atoms with Crippen LogP contribution in [0.1, 0.15) is 200 Å². The van der Waals surface area contributed by atoms with Crippen molar-refractivity contribution >= 4 is 0 Å². The van der Waals surface area contributed by atoms with Gasteiger partial charge in [0.2, 0.25) is 0 Å². The molecule has 0 spiro atoms. The van der Waals surface area contributed by atoms with Crippen molar-refractivity contribution in [2.24, 2.45) is 5.41 Å². The van der Waals surface area contributed by atoms with Crippen molar-refractivity contribution in [3.63, 3.8) is 0 Å². The van der Waals surface area contributed by atoms with Crippen LogP contribution in [0.15, 0.2) is 50.1 Å². The minimum absolute atomic E-state index is 0.460. The minimum atomic E-state index is 0.460. The molecule has 0 fully saturated rings. The third kappa shape index (κ3) is 27.1. The third-order valence-corrected chi connectivity index (χ3v) is 8.93. The van der Waals surface area contributed by atoms with Crippen molar-refractivity contribution in [3.05, 3.63) is 50.1 Å². The van der Waals surface area contributed by atoms with Crippen molar-refractivity contribution in [2.45, 2.75) is 200 Å². The number of allylic oxidation sites excluding steroid dienone is 5. The van der Waals surface area contributed by atoms with Gasteiger partial charge in [-0.1, -0.05) is 166 Å². The van der Waals surface area contributed by atoms with Gasteiger partial charge in [-0.25, -0.2) is 0 Å². The van der Waals surface area contributed by atoms with Crippen molar-refractivity contribution in [1.29, 1.82) is 0 Å². The molecule has 40 heavy (non-hydrogen) atoms. The SMILES string of the molecule is C=CCCCCCCCCCCCCCCC(C=CCCC)(CCCCCCC=C)CCCCCCCCC=C. The van der Waals surface area contributed by atoms with E-state index in [0.717, 1.165) is 0 Å². The molecule has 0 heteroatoms. The van der Waals surface area contributed by atoms with Crippen LogP contribution < -0.4 is 0 Å². The molecule has 0 radical (unpaired) electrons. The summed E-state index contributed by atoms with van der Waals surface area (Å²) < 4.78 is 0. The monoisotopic (exact) mass is 555 g/mol. The van der Waals surface area contributed by atoms with Gasteiger partial charge in [-0.05, 0) is 69.6 Å². The molecule has 0 saturated heterocycles. The van der Waals surface area contributed by atoms with Crippen molar-refractivity contribution in [2.75, 3.05) is 0 Å². The van der Waals surface area contributed by atoms with Crippen LogP contribution in [0.5, 0.6) is 0 Å². The molecule has 0 aromatic rings. The van der Waals surface area contributed by atoms with Crippen LogP contribution in [0.3, 0.4) is 0 Å². The van der Waals surface area contributed by atoms with Crippen LogP contribution in [-0.2, 0) is 0 Å². The van der Waals surface area contributed by atoms with Gasteiger partial charge < -0.3 is 0 Å². The Morgan fingerprint density at radius 1 is 0.375 bits per heavy atom. The van der Waals surface area contributed by atoms with Gasteiger partial charge in [0.15, 0.2) is 0 Å². The third-order valence-electron chi connectivity index (χ3n) is 8.93. The Kier molecular flexibility index (Phi) is 31.6. The Morgan fingerprint density at radius 3 is 0.925 bits per heavy atom. The molecule has 0 heterocycles. The summed E-state index contributed by atoms with van der Waals surface area (Å²) >= 11 is 0.